The van der Waals surface area contributed by atoms with Gasteiger partial charge in [-0.2, -0.15) is 13.2 Å². The predicted octanol–water partition coefficient (Wildman–Crippen LogP) is 3.15. The lowest BCUT2D eigenvalue weighted by Gasteiger charge is -2.26. The maximum Gasteiger partial charge on any atom is 0.398 e. The average Bonchev–Trinajstić information content (AvgIpc) is 2.01. The third-order valence-corrected chi connectivity index (χ3v) is 5.02. The normalized spacial score (nSPS) is 24.6. The van der Waals surface area contributed by atoms with Gasteiger partial charge in [0, 0.05) is 5.66 Å². The second kappa shape index (κ2) is 4.23. The van der Waals surface area contributed by atoms with Gasteiger partial charge in [-0.05, 0) is 12.8 Å². The Kier molecular flexibility index (Phi) is 3.64. The van der Waals surface area contributed by atoms with Gasteiger partial charge >= 0.3 is 6.18 Å². The van der Waals surface area contributed by atoms with Crippen molar-refractivity contribution in [2.45, 2.75) is 43.9 Å². The van der Waals surface area contributed by atoms with E-state index in [-0.39, 0.29) is 0 Å². The fraction of sp³-hybridized carbons (Fsp3) is 1.00. The summed E-state index contributed by atoms with van der Waals surface area (Å²) in [6.45, 7) is 0. The van der Waals surface area contributed by atoms with Crippen LogP contribution in [0.5, 0.6) is 0 Å². The average molecular weight is 230 g/mol. The molecule has 0 aromatic heterocycles. The molecule has 0 amide bonds. The molecule has 0 bridgehead atoms. The summed E-state index contributed by atoms with van der Waals surface area (Å²) in [5, 5.41) is 0. The third-order valence-electron chi connectivity index (χ3n) is 2.55. The molecule has 1 atom stereocenters. The van der Waals surface area contributed by atoms with Crippen LogP contribution in [-0.4, -0.2) is 22.9 Å². The number of hydrogen-bond acceptors (Lipinski definition) is 1. The fourth-order valence-corrected chi connectivity index (χ4v) is 3.81. The summed E-state index contributed by atoms with van der Waals surface area (Å²) < 4.78 is 47.3. The van der Waals surface area contributed by atoms with E-state index in [0.717, 1.165) is 19.3 Å². The van der Waals surface area contributed by atoms with Crippen LogP contribution >= 0.6 is 7.37 Å². The van der Waals surface area contributed by atoms with Crippen molar-refractivity contribution in [2.75, 3.05) is 6.16 Å². The quantitative estimate of drug-likeness (QED) is 0.740. The van der Waals surface area contributed by atoms with Gasteiger partial charge < -0.3 is 4.89 Å². The Morgan fingerprint density at radius 3 is 2.14 bits per heavy atom. The summed E-state index contributed by atoms with van der Waals surface area (Å²) in [6, 6.07) is 0. The standard InChI is InChI=1S/C8H14F3O2P/c9-8(10,11)6-14(12,13)7-4-2-1-3-5-7/h7H,1-6H2,(H,12,13). The molecule has 0 spiro atoms. The van der Waals surface area contributed by atoms with Gasteiger partial charge in [-0.15, -0.1) is 0 Å². The fourth-order valence-electron chi connectivity index (χ4n) is 1.87. The van der Waals surface area contributed by atoms with Crippen molar-refractivity contribution in [1.29, 1.82) is 0 Å². The maximum absolute atomic E-state index is 12.0. The number of hydrogen-bond donors (Lipinski definition) is 1. The van der Waals surface area contributed by atoms with Gasteiger partial charge in [0.25, 0.3) is 0 Å². The molecular formula is C8H14F3O2P. The molecule has 0 aromatic rings. The monoisotopic (exact) mass is 230 g/mol. The van der Waals surface area contributed by atoms with Crippen molar-refractivity contribution >= 4 is 7.37 Å². The zero-order chi connectivity index (χ0) is 10.8. The van der Waals surface area contributed by atoms with Crippen molar-refractivity contribution in [3.8, 4) is 0 Å². The highest BCUT2D eigenvalue weighted by Crippen LogP contribution is 2.54. The van der Waals surface area contributed by atoms with Crippen LogP contribution in [0.1, 0.15) is 32.1 Å². The first kappa shape index (κ1) is 12.1. The summed E-state index contributed by atoms with van der Waals surface area (Å²) in [5.74, 6) is 0. The van der Waals surface area contributed by atoms with Crippen molar-refractivity contribution in [1.82, 2.24) is 0 Å². The Labute approximate surface area is 81.0 Å². The molecule has 84 valence electrons. The summed E-state index contributed by atoms with van der Waals surface area (Å²) >= 11 is 0. The van der Waals surface area contributed by atoms with Crippen molar-refractivity contribution < 1.29 is 22.6 Å². The lowest BCUT2D eigenvalue weighted by molar-refractivity contribution is -0.108. The summed E-state index contributed by atoms with van der Waals surface area (Å²) in [6.07, 6.45) is -2.62. The van der Waals surface area contributed by atoms with Gasteiger partial charge in [0.1, 0.15) is 6.16 Å². The van der Waals surface area contributed by atoms with E-state index in [2.05, 4.69) is 0 Å². The molecule has 1 rings (SSSR count). The van der Waals surface area contributed by atoms with E-state index < -0.39 is 25.4 Å². The van der Waals surface area contributed by atoms with Crippen molar-refractivity contribution in [3.63, 3.8) is 0 Å². The van der Waals surface area contributed by atoms with Gasteiger partial charge in [0.2, 0.25) is 7.37 Å². The molecule has 0 aliphatic heterocycles. The van der Waals surface area contributed by atoms with Gasteiger partial charge in [-0.3, -0.25) is 4.57 Å². The minimum absolute atomic E-state index is 0.462. The lowest BCUT2D eigenvalue weighted by atomic mass is 10.0. The van der Waals surface area contributed by atoms with Crippen LogP contribution in [0, 0.1) is 0 Å². The molecule has 0 radical (unpaired) electrons. The van der Waals surface area contributed by atoms with Crippen LogP contribution in [0.2, 0.25) is 0 Å². The molecular weight excluding hydrogens is 216 g/mol. The molecule has 1 aliphatic rings. The highest BCUT2D eigenvalue weighted by molar-refractivity contribution is 7.58. The van der Waals surface area contributed by atoms with Gasteiger partial charge in [-0.25, -0.2) is 0 Å². The number of halogens is 3. The Hall–Kier alpha value is -0.0200. The van der Waals surface area contributed by atoms with E-state index in [4.69, 9.17) is 0 Å². The van der Waals surface area contributed by atoms with Crippen LogP contribution in [0.25, 0.3) is 0 Å². The highest BCUT2D eigenvalue weighted by Gasteiger charge is 2.42. The second-order valence-corrected chi connectivity index (χ2v) is 6.38. The molecule has 6 heteroatoms. The molecule has 0 aromatic carbocycles. The molecule has 2 nitrogen and oxygen atoms in total. The highest BCUT2D eigenvalue weighted by atomic mass is 31.2. The van der Waals surface area contributed by atoms with E-state index in [0.29, 0.717) is 12.8 Å². The molecule has 1 aliphatic carbocycles. The van der Waals surface area contributed by atoms with Crippen LogP contribution in [-0.2, 0) is 4.57 Å². The molecule has 14 heavy (non-hydrogen) atoms. The molecule has 1 unspecified atom stereocenters. The zero-order valence-corrected chi connectivity index (χ0v) is 8.65. The molecule has 1 fully saturated rings. The minimum Gasteiger partial charge on any atom is -0.344 e. The molecule has 0 heterocycles. The van der Waals surface area contributed by atoms with Crippen LogP contribution < -0.4 is 0 Å². The second-order valence-electron chi connectivity index (χ2n) is 3.82. The zero-order valence-electron chi connectivity index (χ0n) is 7.76. The minimum atomic E-state index is -4.53. The number of rotatable bonds is 2. The Morgan fingerprint density at radius 1 is 1.21 bits per heavy atom. The first-order valence-corrected chi connectivity index (χ1v) is 6.61. The topological polar surface area (TPSA) is 37.3 Å². The largest absolute Gasteiger partial charge is 0.398 e. The molecule has 1 N–H and O–H groups in total. The number of alkyl halides is 3. The Morgan fingerprint density at radius 2 is 1.71 bits per heavy atom. The molecule has 1 saturated carbocycles. The van der Waals surface area contributed by atoms with Crippen molar-refractivity contribution in [3.05, 3.63) is 0 Å². The van der Waals surface area contributed by atoms with E-state index in [1.165, 1.54) is 0 Å². The van der Waals surface area contributed by atoms with Crippen LogP contribution in [0.4, 0.5) is 13.2 Å². The van der Waals surface area contributed by atoms with Crippen LogP contribution in [0.3, 0.4) is 0 Å². The predicted molar refractivity (Wildman–Crippen MR) is 47.6 cm³/mol. The Balaban J connectivity index is 2.59. The van der Waals surface area contributed by atoms with Gasteiger partial charge in [0.05, 0.1) is 0 Å². The van der Waals surface area contributed by atoms with E-state index in [1.807, 2.05) is 0 Å². The lowest BCUT2D eigenvalue weighted by Crippen LogP contribution is -2.22. The maximum atomic E-state index is 12.0. The Bertz CT molecular complexity index is 233. The van der Waals surface area contributed by atoms with Crippen molar-refractivity contribution in [2.24, 2.45) is 0 Å². The SMILES string of the molecule is O=P(O)(CC(F)(F)F)C1CCCCC1. The summed E-state index contributed by atoms with van der Waals surface area (Å²) in [4.78, 5) is 9.31. The third kappa shape index (κ3) is 3.62. The van der Waals surface area contributed by atoms with E-state index >= 15 is 0 Å². The molecule has 0 saturated heterocycles. The van der Waals surface area contributed by atoms with E-state index in [1.54, 1.807) is 0 Å². The summed E-state index contributed by atoms with van der Waals surface area (Å²) in [7, 11) is -4.01. The summed E-state index contributed by atoms with van der Waals surface area (Å²) in [5.41, 5.74) is -0.627. The smallest absolute Gasteiger partial charge is 0.344 e. The van der Waals surface area contributed by atoms with Crippen LogP contribution in [0.15, 0.2) is 0 Å². The first-order chi connectivity index (χ1) is 6.31. The first-order valence-electron chi connectivity index (χ1n) is 4.69. The van der Waals surface area contributed by atoms with E-state index in [9.17, 15) is 22.6 Å². The van der Waals surface area contributed by atoms with Gasteiger partial charge in [0.15, 0.2) is 0 Å². The van der Waals surface area contributed by atoms with Gasteiger partial charge in [-0.1, -0.05) is 19.3 Å².